The molecule has 2 rings (SSSR count). The number of rotatable bonds is 7. The number of hydrogen-bond acceptors (Lipinski definition) is 4. The van der Waals surface area contributed by atoms with Gasteiger partial charge < -0.3 is 10.1 Å². The Labute approximate surface area is 161 Å². The lowest BCUT2D eigenvalue weighted by atomic mass is 10.0. The summed E-state index contributed by atoms with van der Waals surface area (Å²) in [5, 5.41) is 2.91. The van der Waals surface area contributed by atoms with Crippen LogP contribution < -0.4 is 10.1 Å². The van der Waals surface area contributed by atoms with E-state index in [0.717, 1.165) is 11.1 Å². The fraction of sp³-hybridized carbons (Fsp3) is 0.381. The second-order valence-corrected chi connectivity index (χ2v) is 9.04. The van der Waals surface area contributed by atoms with E-state index >= 15 is 0 Å². The van der Waals surface area contributed by atoms with Gasteiger partial charge in [-0.05, 0) is 49.1 Å². The van der Waals surface area contributed by atoms with Crippen molar-refractivity contribution in [3.05, 3.63) is 59.7 Å². The van der Waals surface area contributed by atoms with Gasteiger partial charge in [-0.2, -0.15) is 0 Å². The minimum atomic E-state index is -3.23. The molecule has 2 aromatic rings. The van der Waals surface area contributed by atoms with Crippen LogP contribution in [0.4, 0.5) is 0 Å². The molecule has 0 saturated heterocycles. The second kappa shape index (κ2) is 8.57. The molecule has 6 heteroatoms. The maximum absolute atomic E-state index is 12.5. The maximum atomic E-state index is 12.5. The van der Waals surface area contributed by atoms with Crippen LogP contribution in [-0.2, 0) is 14.6 Å². The summed E-state index contributed by atoms with van der Waals surface area (Å²) < 4.78 is 29.0. The summed E-state index contributed by atoms with van der Waals surface area (Å²) in [5.41, 5.74) is 1.88. The van der Waals surface area contributed by atoms with Crippen molar-refractivity contribution >= 4 is 15.7 Å². The SMILES string of the molecule is CC(C)c1ccccc1O[C@@H](C)C(=O)N[C@@H](C)c1ccc(S(C)(=O)=O)cc1. The third kappa shape index (κ3) is 5.57. The van der Waals surface area contributed by atoms with Crippen LogP contribution in [-0.4, -0.2) is 26.7 Å². The van der Waals surface area contributed by atoms with Crippen molar-refractivity contribution in [1.82, 2.24) is 5.32 Å². The second-order valence-electron chi connectivity index (χ2n) is 7.02. The van der Waals surface area contributed by atoms with Gasteiger partial charge in [0, 0.05) is 6.26 Å². The zero-order valence-electron chi connectivity index (χ0n) is 16.4. The van der Waals surface area contributed by atoms with E-state index in [0.29, 0.717) is 11.7 Å². The highest BCUT2D eigenvalue weighted by Crippen LogP contribution is 2.27. The molecule has 146 valence electrons. The third-order valence-corrected chi connectivity index (χ3v) is 5.51. The van der Waals surface area contributed by atoms with Crippen molar-refractivity contribution in [2.75, 3.05) is 6.26 Å². The van der Waals surface area contributed by atoms with Gasteiger partial charge in [0.1, 0.15) is 5.75 Å². The average molecular weight is 390 g/mol. The van der Waals surface area contributed by atoms with Crippen molar-refractivity contribution in [2.45, 2.75) is 50.7 Å². The first-order valence-corrected chi connectivity index (χ1v) is 10.8. The number of benzene rings is 2. The molecule has 0 saturated carbocycles. The molecular formula is C21H27NO4S. The smallest absolute Gasteiger partial charge is 0.261 e. The van der Waals surface area contributed by atoms with Crippen molar-refractivity contribution in [1.29, 1.82) is 0 Å². The first-order chi connectivity index (χ1) is 12.6. The molecule has 2 aromatic carbocycles. The summed E-state index contributed by atoms with van der Waals surface area (Å²) in [6.45, 7) is 7.72. The Morgan fingerprint density at radius 1 is 0.963 bits per heavy atom. The number of carbonyl (C=O) groups excluding carboxylic acids is 1. The van der Waals surface area contributed by atoms with E-state index in [2.05, 4.69) is 19.2 Å². The number of carbonyl (C=O) groups is 1. The van der Waals surface area contributed by atoms with E-state index in [1.165, 1.54) is 6.26 Å². The third-order valence-electron chi connectivity index (χ3n) is 4.38. The van der Waals surface area contributed by atoms with Gasteiger partial charge in [-0.3, -0.25) is 4.79 Å². The van der Waals surface area contributed by atoms with Crippen molar-refractivity contribution < 1.29 is 17.9 Å². The number of ether oxygens (including phenoxy) is 1. The monoisotopic (exact) mass is 389 g/mol. The summed E-state index contributed by atoms with van der Waals surface area (Å²) in [6, 6.07) is 14.0. The molecular weight excluding hydrogens is 362 g/mol. The molecule has 0 aromatic heterocycles. The van der Waals surface area contributed by atoms with Crippen LogP contribution >= 0.6 is 0 Å². The fourth-order valence-electron chi connectivity index (χ4n) is 2.73. The number of amides is 1. The highest BCUT2D eigenvalue weighted by atomic mass is 32.2. The number of para-hydroxylation sites is 1. The summed E-state index contributed by atoms with van der Waals surface area (Å²) in [4.78, 5) is 12.8. The summed E-state index contributed by atoms with van der Waals surface area (Å²) in [5.74, 6) is 0.775. The molecule has 0 bridgehead atoms. The largest absolute Gasteiger partial charge is 0.481 e. The van der Waals surface area contributed by atoms with Crippen molar-refractivity contribution in [3.63, 3.8) is 0 Å². The highest BCUT2D eigenvalue weighted by Gasteiger charge is 2.19. The zero-order valence-corrected chi connectivity index (χ0v) is 17.2. The molecule has 0 aliphatic rings. The molecule has 0 aliphatic carbocycles. The maximum Gasteiger partial charge on any atom is 0.261 e. The molecule has 0 spiro atoms. The first kappa shape index (κ1) is 21.0. The van der Waals surface area contributed by atoms with Crippen LogP contribution in [0.5, 0.6) is 5.75 Å². The summed E-state index contributed by atoms with van der Waals surface area (Å²) in [6.07, 6.45) is 0.518. The Morgan fingerprint density at radius 2 is 1.56 bits per heavy atom. The van der Waals surface area contributed by atoms with Crippen LogP contribution in [0, 0.1) is 0 Å². The van der Waals surface area contributed by atoms with Gasteiger partial charge in [0.25, 0.3) is 5.91 Å². The molecule has 0 radical (unpaired) electrons. The summed E-state index contributed by atoms with van der Waals surface area (Å²) in [7, 11) is -3.23. The zero-order chi connectivity index (χ0) is 20.2. The fourth-order valence-corrected chi connectivity index (χ4v) is 3.36. The average Bonchev–Trinajstić information content (AvgIpc) is 2.61. The topological polar surface area (TPSA) is 72.5 Å². The minimum absolute atomic E-state index is 0.228. The normalized spacial score (nSPS) is 13.9. The van der Waals surface area contributed by atoms with Crippen molar-refractivity contribution in [3.8, 4) is 5.75 Å². The lowest BCUT2D eigenvalue weighted by Gasteiger charge is -2.21. The molecule has 5 nitrogen and oxygen atoms in total. The predicted octanol–water partition coefficient (Wildman–Crippen LogP) is 3.86. The summed E-state index contributed by atoms with van der Waals surface area (Å²) >= 11 is 0. The van der Waals surface area contributed by atoms with Gasteiger partial charge in [0.15, 0.2) is 15.9 Å². The molecule has 0 aliphatic heterocycles. The van der Waals surface area contributed by atoms with Gasteiger partial charge in [0.05, 0.1) is 10.9 Å². The van der Waals surface area contributed by atoms with Crippen LogP contribution in [0.1, 0.15) is 50.8 Å². The lowest BCUT2D eigenvalue weighted by Crippen LogP contribution is -2.37. The molecule has 1 amide bonds. The number of nitrogens with one attached hydrogen (secondary N) is 1. The van der Waals surface area contributed by atoms with E-state index in [9.17, 15) is 13.2 Å². The van der Waals surface area contributed by atoms with E-state index in [1.54, 1.807) is 31.2 Å². The number of hydrogen-bond donors (Lipinski definition) is 1. The Morgan fingerprint density at radius 3 is 2.11 bits per heavy atom. The molecule has 2 atom stereocenters. The van der Waals surface area contributed by atoms with Gasteiger partial charge in [-0.1, -0.05) is 44.2 Å². The lowest BCUT2D eigenvalue weighted by molar-refractivity contribution is -0.127. The van der Waals surface area contributed by atoms with E-state index in [4.69, 9.17) is 4.74 Å². The molecule has 27 heavy (non-hydrogen) atoms. The predicted molar refractivity (Wildman–Crippen MR) is 107 cm³/mol. The van der Waals surface area contributed by atoms with Crippen molar-refractivity contribution in [2.24, 2.45) is 0 Å². The quantitative estimate of drug-likeness (QED) is 0.780. The van der Waals surface area contributed by atoms with Crippen LogP contribution in [0.25, 0.3) is 0 Å². The van der Waals surface area contributed by atoms with Gasteiger partial charge >= 0.3 is 0 Å². The highest BCUT2D eigenvalue weighted by molar-refractivity contribution is 7.90. The minimum Gasteiger partial charge on any atom is -0.481 e. The Bertz CT molecular complexity index is 889. The van der Waals surface area contributed by atoms with Gasteiger partial charge in [-0.15, -0.1) is 0 Å². The Hall–Kier alpha value is -2.34. The van der Waals surface area contributed by atoms with E-state index in [1.807, 2.05) is 31.2 Å². The van der Waals surface area contributed by atoms with Crippen LogP contribution in [0.3, 0.4) is 0 Å². The molecule has 0 fully saturated rings. The number of sulfone groups is 1. The van der Waals surface area contributed by atoms with Gasteiger partial charge in [0.2, 0.25) is 0 Å². The standard InChI is InChI=1S/C21H27NO4S/c1-14(2)19-8-6-7-9-20(19)26-16(4)21(23)22-15(3)17-10-12-18(13-11-17)27(5,24)25/h6-16H,1-5H3,(H,22,23)/t15-,16-/m0/s1. The van der Waals surface area contributed by atoms with Gasteiger partial charge in [-0.25, -0.2) is 8.42 Å². The molecule has 1 N–H and O–H groups in total. The first-order valence-electron chi connectivity index (χ1n) is 8.95. The molecule has 0 unspecified atom stereocenters. The van der Waals surface area contributed by atoms with Crippen LogP contribution in [0.15, 0.2) is 53.4 Å². The Balaban J connectivity index is 2.04. The Kier molecular flexibility index (Phi) is 6.65. The molecule has 0 heterocycles. The van der Waals surface area contributed by atoms with E-state index in [-0.39, 0.29) is 16.8 Å². The van der Waals surface area contributed by atoms with Crippen LogP contribution in [0.2, 0.25) is 0 Å². The van der Waals surface area contributed by atoms with E-state index < -0.39 is 15.9 Å².